The highest BCUT2D eigenvalue weighted by atomic mass is 16.1. The summed E-state index contributed by atoms with van der Waals surface area (Å²) >= 11 is 0. The van der Waals surface area contributed by atoms with Crippen molar-refractivity contribution >= 4 is 23.2 Å². The van der Waals surface area contributed by atoms with Crippen LogP contribution in [-0.4, -0.2) is 48.4 Å². The minimum atomic E-state index is -0.423. The molecule has 0 amide bonds. The third-order valence-electron chi connectivity index (χ3n) is 6.34. The van der Waals surface area contributed by atoms with Crippen LogP contribution in [0.25, 0.3) is 5.57 Å². The molecule has 168 valence electrons. The molecule has 3 heterocycles. The van der Waals surface area contributed by atoms with Gasteiger partial charge in [0.15, 0.2) is 0 Å². The maximum atomic E-state index is 12.4. The predicted molar refractivity (Wildman–Crippen MR) is 134 cm³/mol. The van der Waals surface area contributed by atoms with Crippen LogP contribution in [0.3, 0.4) is 0 Å². The minimum absolute atomic E-state index is 0.423. The summed E-state index contributed by atoms with van der Waals surface area (Å²) in [6.07, 6.45) is 6.91. The molecular formula is C28H25N5O. The van der Waals surface area contributed by atoms with Crippen molar-refractivity contribution in [2.24, 2.45) is 0 Å². The van der Waals surface area contributed by atoms with Crippen LogP contribution in [0.1, 0.15) is 11.3 Å². The first-order valence-corrected chi connectivity index (χ1v) is 11.4. The molecule has 0 radical (unpaired) electrons. The van der Waals surface area contributed by atoms with Crippen molar-refractivity contribution in [3.63, 3.8) is 0 Å². The Labute approximate surface area is 199 Å². The van der Waals surface area contributed by atoms with Gasteiger partial charge in [-0.05, 0) is 42.5 Å². The largest absolute Gasteiger partial charge is 0.369 e. The van der Waals surface area contributed by atoms with E-state index in [4.69, 9.17) is 0 Å². The second-order valence-electron chi connectivity index (χ2n) is 8.30. The number of hydrogen-bond acceptors (Lipinski definition) is 6. The van der Waals surface area contributed by atoms with Gasteiger partial charge in [-0.2, -0.15) is 5.26 Å². The number of carbonyl (C=O) groups is 1. The number of hydrogen-bond donors (Lipinski definition) is 0. The topological polar surface area (TPSA) is 63.5 Å². The molecule has 0 bridgehead atoms. The number of nitriles is 1. The molecule has 0 spiro atoms. The number of anilines is 2. The number of rotatable bonds is 5. The van der Waals surface area contributed by atoms with Crippen molar-refractivity contribution in [2.45, 2.75) is 6.04 Å². The molecule has 6 nitrogen and oxygen atoms in total. The molecule has 2 aliphatic heterocycles. The highest BCUT2D eigenvalue weighted by Crippen LogP contribution is 2.32. The first-order chi connectivity index (χ1) is 16.8. The van der Waals surface area contributed by atoms with E-state index >= 15 is 0 Å². The normalized spacial score (nSPS) is 18.1. The zero-order valence-corrected chi connectivity index (χ0v) is 18.8. The van der Waals surface area contributed by atoms with E-state index in [-0.39, 0.29) is 0 Å². The van der Waals surface area contributed by atoms with Crippen LogP contribution >= 0.6 is 0 Å². The van der Waals surface area contributed by atoms with Gasteiger partial charge in [0.05, 0.1) is 16.9 Å². The standard InChI is InChI=1S/C28H25N5O/c29-19-22-8-4-5-12-26(22)31-14-16-32(17-15-31)27-18-23(25-11-6-7-13-30-25)20-33(28(27)21-34)24-9-2-1-3-10-24/h1-13,18,20-21,28H,14-17H2. The maximum absolute atomic E-state index is 12.4. The Bertz CT molecular complexity index is 1250. The lowest BCUT2D eigenvalue weighted by Gasteiger charge is -2.43. The van der Waals surface area contributed by atoms with Gasteiger partial charge in [-0.3, -0.25) is 4.98 Å². The molecular weight excluding hydrogens is 422 g/mol. The van der Waals surface area contributed by atoms with E-state index in [9.17, 15) is 10.1 Å². The third-order valence-corrected chi connectivity index (χ3v) is 6.34. The lowest BCUT2D eigenvalue weighted by molar-refractivity contribution is -0.108. The number of pyridine rings is 1. The maximum Gasteiger partial charge on any atom is 0.148 e. The predicted octanol–water partition coefficient (Wildman–Crippen LogP) is 4.09. The molecule has 0 N–H and O–H groups in total. The number of aldehydes is 1. The summed E-state index contributed by atoms with van der Waals surface area (Å²) in [5.41, 5.74) is 5.42. The van der Waals surface area contributed by atoms with E-state index in [0.29, 0.717) is 5.56 Å². The van der Waals surface area contributed by atoms with Gasteiger partial charge in [0.25, 0.3) is 0 Å². The second kappa shape index (κ2) is 9.63. The monoisotopic (exact) mass is 447 g/mol. The van der Waals surface area contributed by atoms with E-state index < -0.39 is 6.04 Å². The Hall–Kier alpha value is -4.37. The van der Waals surface area contributed by atoms with E-state index in [1.807, 2.05) is 83.9 Å². The highest BCUT2D eigenvalue weighted by Gasteiger charge is 2.31. The fourth-order valence-corrected chi connectivity index (χ4v) is 4.63. The molecule has 2 aromatic carbocycles. The highest BCUT2D eigenvalue weighted by molar-refractivity contribution is 5.84. The van der Waals surface area contributed by atoms with Crippen molar-refractivity contribution in [3.8, 4) is 6.07 Å². The Morgan fingerprint density at radius 1 is 0.882 bits per heavy atom. The summed E-state index contributed by atoms with van der Waals surface area (Å²) < 4.78 is 0. The van der Waals surface area contributed by atoms with Crippen molar-refractivity contribution in [1.29, 1.82) is 5.26 Å². The van der Waals surface area contributed by atoms with Gasteiger partial charge in [0.2, 0.25) is 0 Å². The van der Waals surface area contributed by atoms with E-state index in [0.717, 1.165) is 60.8 Å². The van der Waals surface area contributed by atoms with Gasteiger partial charge in [-0.25, -0.2) is 0 Å². The molecule has 1 aromatic heterocycles. The first kappa shape index (κ1) is 21.5. The number of para-hydroxylation sites is 2. The van der Waals surface area contributed by atoms with Crippen LogP contribution in [0.5, 0.6) is 0 Å². The van der Waals surface area contributed by atoms with E-state index in [1.54, 1.807) is 6.20 Å². The lowest BCUT2D eigenvalue weighted by atomic mass is 10.00. The van der Waals surface area contributed by atoms with Crippen LogP contribution < -0.4 is 9.80 Å². The smallest absolute Gasteiger partial charge is 0.148 e. The van der Waals surface area contributed by atoms with Gasteiger partial charge in [-0.15, -0.1) is 0 Å². The SMILES string of the molecule is N#Cc1ccccc1N1CCN(C2=CC(c3ccccn3)=CN(c3ccccc3)C2C=O)CC1. The summed E-state index contributed by atoms with van der Waals surface area (Å²) in [6.45, 7) is 3.06. The van der Waals surface area contributed by atoms with Gasteiger partial charge >= 0.3 is 0 Å². The quantitative estimate of drug-likeness (QED) is 0.549. The van der Waals surface area contributed by atoms with Crippen LogP contribution in [0, 0.1) is 11.3 Å². The molecule has 1 fully saturated rings. The van der Waals surface area contributed by atoms with E-state index in [2.05, 4.69) is 26.9 Å². The Morgan fingerprint density at radius 3 is 2.29 bits per heavy atom. The molecule has 0 saturated carbocycles. The fourth-order valence-electron chi connectivity index (χ4n) is 4.63. The average Bonchev–Trinajstić information content (AvgIpc) is 2.93. The van der Waals surface area contributed by atoms with Gasteiger partial charge in [0, 0.05) is 55.5 Å². The van der Waals surface area contributed by atoms with E-state index in [1.165, 1.54) is 0 Å². The zero-order chi connectivity index (χ0) is 23.3. The molecule has 6 heteroatoms. The number of piperazine rings is 1. The second-order valence-corrected chi connectivity index (χ2v) is 8.30. The van der Waals surface area contributed by atoms with Crippen LogP contribution in [0.15, 0.2) is 97.0 Å². The van der Waals surface area contributed by atoms with Gasteiger partial charge in [-0.1, -0.05) is 36.4 Å². The summed E-state index contributed by atoms with van der Waals surface area (Å²) in [5, 5.41) is 9.49. The molecule has 1 unspecified atom stereocenters. The Morgan fingerprint density at radius 2 is 1.59 bits per heavy atom. The molecule has 0 aliphatic carbocycles. The summed E-state index contributed by atoms with van der Waals surface area (Å²) in [6, 6.07) is 25.4. The molecule has 5 rings (SSSR count). The number of carbonyl (C=O) groups excluding carboxylic acids is 1. The average molecular weight is 448 g/mol. The third kappa shape index (κ3) is 4.16. The number of aromatic nitrogens is 1. The number of benzene rings is 2. The molecule has 1 saturated heterocycles. The minimum Gasteiger partial charge on any atom is -0.369 e. The molecule has 34 heavy (non-hydrogen) atoms. The fraction of sp³-hybridized carbons (Fsp3) is 0.179. The van der Waals surface area contributed by atoms with Gasteiger partial charge in [0.1, 0.15) is 18.4 Å². The molecule has 1 atom stereocenters. The number of nitrogens with zero attached hydrogens (tertiary/aromatic N) is 5. The lowest BCUT2D eigenvalue weighted by Crippen LogP contribution is -2.51. The molecule has 3 aromatic rings. The Balaban J connectivity index is 1.46. The first-order valence-electron chi connectivity index (χ1n) is 11.4. The van der Waals surface area contributed by atoms with Crippen molar-refractivity contribution in [2.75, 3.05) is 36.0 Å². The number of allylic oxidation sites excluding steroid dienone is 2. The summed E-state index contributed by atoms with van der Waals surface area (Å²) in [5.74, 6) is 0. The van der Waals surface area contributed by atoms with Crippen LogP contribution in [0.2, 0.25) is 0 Å². The van der Waals surface area contributed by atoms with Crippen molar-refractivity contribution in [3.05, 3.63) is 108 Å². The van der Waals surface area contributed by atoms with Crippen LogP contribution in [0.4, 0.5) is 11.4 Å². The van der Waals surface area contributed by atoms with Crippen LogP contribution in [-0.2, 0) is 4.79 Å². The zero-order valence-electron chi connectivity index (χ0n) is 18.8. The summed E-state index contributed by atoms with van der Waals surface area (Å²) in [7, 11) is 0. The Kier molecular flexibility index (Phi) is 6.09. The van der Waals surface area contributed by atoms with Crippen molar-refractivity contribution < 1.29 is 4.79 Å². The summed E-state index contributed by atoms with van der Waals surface area (Å²) in [4.78, 5) is 23.5. The van der Waals surface area contributed by atoms with Gasteiger partial charge < -0.3 is 19.5 Å². The van der Waals surface area contributed by atoms with Crippen molar-refractivity contribution in [1.82, 2.24) is 9.88 Å². The molecule has 2 aliphatic rings.